The van der Waals surface area contributed by atoms with Crippen molar-refractivity contribution in [3.63, 3.8) is 0 Å². The van der Waals surface area contributed by atoms with Gasteiger partial charge in [0.25, 0.3) is 11.8 Å². The van der Waals surface area contributed by atoms with Gasteiger partial charge in [0, 0.05) is 19.4 Å². The van der Waals surface area contributed by atoms with Gasteiger partial charge in [0.05, 0.1) is 0 Å². The fourth-order valence-corrected chi connectivity index (χ4v) is 0.905. The molecule has 78 valence electrons. The standard InChI is InChI=1S/C7H10N2O5/c8-3-4(10)7(13)14-9-5(11)1-2-6(9)12/h4,10H,1-3,8H2. The highest BCUT2D eigenvalue weighted by atomic mass is 16.7. The van der Waals surface area contributed by atoms with Gasteiger partial charge < -0.3 is 15.7 Å². The van der Waals surface area contributed by atoms with Crippen LogP contribution in [0, 0.1) is 0 Å². The molecule has 7 nitrogen and oxygen atoms in total. The molecule has 0 saturated carbocycles. The zero-order chi connectivity index (χ0) is 10.7. The predicted octanol–water partition coefficient (Wildman–Crippen LogP) is -2.09. The summed E-state index contributed by atoms with van der Waals surface area (Å²) in [6.45, 7) is -0.324. The molecule has 7 heteroatoms. The number of nitrogens with zero attached hydrogens (tertiary/aromatic N) is 1. The van der Waals surface area contributed by atoms with E-state index >= 15 is 0 Å². The number of amides is 2. The third-order valence-electron chi connectivity index (χ3n) is 1.68. The number of imide groups is 1. The van der Waals surface area contributed by atoms with E-state index in [1.165, 1.54) is 0 Å². The maximum atomic E-state index is 10.9. The van der Waals surface area contributed by atoms with Gasteiger partial charge in [0.1, 0.15) is 0 Å². The molecule has 14 heavy (non-hydrogen) atoms. The van der Waals surface area contributed by atoms with E-state index in [2.05, 4.69) is 4.84 Å². The largest absolute Gasteiger partial charge is 0.380 e. The van der Waals surface area contributed by atoms with E-state index in [0.717, 1.165) is 0 Å². The van der Waals surface area contributed by atoms with Gasteiger partial charge in [-0.15, -0.1) is 5.06 Å². The lowest BCUT2D eigenvalue weighted by molar-refractivity contribution is -0.203. The first kappa shape index (κ1) is 10.6. The van der Waals surface area contributed by atoms with Crippen molar-refractivity contribution < 1.29 is 24.3 Å². The average Bonchev–Trinajstić information content (AvgIpc) is 2.48. The van der Waals surface area contributed by atoms with Crippen molar-refractivity contribution in [2.75, 3.05) is 6.54 Å². The lowest BCUT2D eigenvalue weighted by Crippen LogP contribution is -2.39. The maximum absolute atomic E-state index is 10.9. The van der Waals surface area contributed by atoms with Crippen molar-refractivity contribution in [3.8, 4) is 0 Å². The Kier molecular flexibility index (Phi) is 3.15. The quantitative estimate of drug-likeness (QED) is 0.508. The van der Waals surface area contributed by atoms with Crippen LogP contribution in [0.3, 0.4) is 0 Å². The van der Waals surface area contributed by atoms with Gasteiger partial charge in [-0.2, -0.15) is 0 Å². The molecule has 1 rings (SSSR count). The molecule has 0 spiro atoms. The van der Waals surface area contributed by atoms with E-state index < -0.39 is 23.9 Å². The SMILES string of the molecule is NCC(O)C(=O)ON1C(=O)CCC1=O. The first-order valence-corrected chi connectivity index (χ1v) is 4.02. The van der Waals surface area contributed by atoms with Gasteiger partial charge in [-0.05, 0) is 0 Å². The molecule has 1 atom stereocenters. The topological polar surface area (TPSA) is 110 Å². The summed E-state index contributed by atoms with van der Waals surface area (Å²) < 4.78 is 0. The van der Waals surface area contributed by atoms with E-state index in [1.54, 1.807) is 0 Å². The number of carbonyl (C=O) groups excluding carboxylic acids is 3. The molecule has 0 radical (unpaired) electrons. The normalized spacial score (nSPS) is 18.6. The first-order valence-electron chi connectivity index (χ1n) is 4.02. The Balaban J connectivity index is 2.55. The van der Waals surface area contributed by atoms with E-state index in [-0.39, 0.29) is 19.4 Å². The minimum Gasteiger partial charge on any atom is -0.380 e. The fraction of sp³-hybridized carbons (Fsp3) is 0.571. The first-order chi connectivity index (χ1) is 6.56. The Morgan fingerprint density at radius 3 is 2.43 bits per heavy atom. The van der Waals surface area contributed by atoms with Crippen LogP contribution >= 0.6 is 0 Å². The molecule has 0 aromatic rings. The number of aliphatic hydroxyl groups is 1. The van der Waals surface area contributed by atoms with E-state index in [9.17, 15) is 14.4 Å². The summed E-state index contributed by atoms with van der Waals surface area (Å²) in [6.07, 6.45) is -1.48. The highest BCUT2D eigenvalue weighted by Crippen LogP contribution is 2.12. The highest BCUT2D eigenvalue weighted by Gasteiger charge is 2.34. The molecule has 1 unspecified atom stereocenters. The average molecular weight is 202 g/mol. The number of hydroxylamine groups is 2. The van der Waals surface area contributed by atoms with Crippen LogP contribution in [0.15, 0.2) is 0 Å². The third-order valence-corrected chi connectivity index (χ3v) is 1.68. The van der Waals surface area contributed by atoms with Crippen LogP contribution in [0.1, 0.15) is 12.8 Å². The van der Waals surface area contributed by atoms with Crippen LogP contribution in [0.2, 0.25) is 0 Å². The summed E-state index contributed by atoms with van der Waals surface area (Å²) in [4.78, 5) is 37.2. The molecule has 1 fully saturated rings. The van der Waals surface area contributed by atoms with E-state index in [1.807, 2.05) is 0 Å². The van der Waals surface area contributed by atoms with Gasteiger partial charge in [0.2, 0.25) is 0 Å². The minimum atomic E-state index is -1.52. The number of hydrogen-bond acceptors (Lipinski definition) is 6. The van der Waals surface area contributed by atoms with Crippen molar-refractivity contribution in [2.24, 2.45) is 5.73 Å². The summed E-state index contributed by atoms with van der Waals surface area (Å²) >= 11 is 0. The Morgan fingerprint density at radius 1 is 1.50 bits per heavy atom. The van der Waals surface area contributed by atoms with Gasteiger partial charge >= 0.3 is 5.97 Å². The zero-order valence-corrected chi connectivity index (χ0v) is 7.30. The lowest BCUT2D eigenvalue weighted by atomic mass is 10.4. The Morgan fingerprint density at radius 2 is 2.00 bits per heavy atom. The number of rotatable bonds is 3. The van der Waals surface area contributed by atoms with Crippen LogP contribution in [-0.2, 0) is 19.2 Å². The molecular weight excluding hydrogens is 192 g/mol. The molecule has 1 aliphatic rings. The number of hydrogen-bond donors (Lipinski definition) is 2. The highest BCUT2D eigenvalue weighted by molar-refractivity contribution is 6.01. The second-order valence-electron chi connectivity index (χ2n) is 2.74. The van der Waals surface area contributed by atoms with Crippen LogP contribution < -0.4 is 5.73 Å². The van der Waals surface area contributed by atoms with E-state index in [0.29, 0.717) is 5.06 Å². The number of aliphatic hydroxyl groups excluding tert-OH is 1. The van der Waals surface area contributed by atoms with Crippen molar-refractivity contribution in [1.82, 2.24) is 5.06 Å². The smallest absolute Gasteiger partial charge is 0.362 e. The van der Waals surface area contributed by atoms with Crippen LogP contribution in [0.5, 0.6) is 0 Å². The molecule has 3 N–H and O–H groups in total. The summed E-state index contributed by atoms with van der Waals surface area (Å²) in [5, 5.41) is 9.27. The van der Waals surface area contributed by atoms with E-state index in [4.69, 9.17) is 10.8 Å². The minimum absolute atomic E-state index is 0.0187. The monoisotopic (exact) mass is 202 g/mol. The molecule has 0 aromatic carbocycles. The number of carbonyl (C=O) groups is 3. The molecule has 1 heterocycles. The third kappa shape index (κ3) is 2.06. The zero-order valence-electron chi connectivity index (χ0n) is 7.30. The van der Waals surface area contributed by atoms with Crippen molar-refractivity contribution in [2.45, 2.75) is 18.9 Å². The molecule has 0 aliphatic carbocycles. The predicted molar refractivity (Wildman–Crippen MR) is 42.2 cm³/mol. The summed E-state index contributed by atoms with van der Waals surface area (Å²) in [7, 11) is 0. The molecule has 1 aliphatic heterocycles. The van der Waals surface area contributed by atoms with Gasteiger partial charge in [0.15, 0.2) is 6.10 Å². The maximum Gasteiger partial charge on any atom is 0.362 e. The lowest BCUT2D eigenvalue weighted by Gasteiger charge is -2.14. The second-order valence-corrected chi connectivity index (χ2v) is 2.74. The van der Waals surface area contributed by atoms with Crippen LogP contribution in [0.25, 0.3) is 0 Å². The summed E-state index contributed by atoms with van der Waals surface area (Å²) in [5.41, 5.74) is 4.98. The molecular formula is C7H10N2O5. The second kappa shape index (κ2) is 4.16. The van der Waals surface area contributed by atoms with Gasteiger partial charge in [-0.3, -0.25) is 9.59 Å². The molecule has 0 bridgehead atoms. The van der Waals surface area contributed by atoms with Crippen molar-refractivity contribution in [1.29, 1.82) is 0 Å². The summed E-state index contributed by atoms with van der Waals surface area (Å²) in [5.74, 6) is -2.28. The Labute approximate surface area is 79.4 Å². The fourth-order valence-electron chi connectivity index (χ4n) is 0.905. The van der Waals surface area contributed by atoms with Gasteiger partial charge in [-0.25, -0.2) is 4.79 Å². The van der Waals surface area contributed by atoms with Crippen LogP contribution in [0.4, 0.5) is 0 Å². The molecule has 0 aromatic heterocycles. The molecule has 1 saturated heterocycles. The van der Waals surface area contributed by atoms with Crippen molar-refractivity contribution in [3.05, 3.63) is 0 Å². The number of nitrogens with two attached hydrogens (primary N) is 1. The Hall–Kier alpha value is -1.47. The summed E-state index contributed by atoms with van der Waals surface area (Å²) in [6, 6.07) is 0. The Bertz CT molecular complexity index is 261. The molecule has 2 amide bonds. The van der Waals surface area contributed by atoms with Crippen LogP contribution in [-0.4, -0.2) is 40.6 Å². The van der Waals surface area contributed by atoms with Gasteiger partial charge in [-0.1, -0.05) is 0 Å². The van der Waals surface area contributed by atoms with Crippen molar-refractivity contribution >= 4 is 17.8 Å².